The van der Waals surface area contributed by atoms with Crippen LogP contribution in [0.5, 0.6) is 0 Å². The third-order valence-corrected chi connectivity index (χ3v) is 4.54. The third-order valence-electron chi connectivity index (χ3n) is 4.54. The number of para-hydroxylation sites is 2. The smallest absolute Gasteiger partial charge is 0.329 e. The van der Waals surface area contributed by atoms with E-state index in [0.29, 0.717) is 17.0 Å². The van der Waals surface area contributed by atoms with E-state index in [1.807, 2.05) is 30.3 Å². The maximum atomic E-state index is 12.1. The summed E-state index contributed by atoms with van der Waals surface area (Å²) in [5, 5.41) is 9.51. The van der Waals surface area contributed by atoms with Gasteiger partial charge in [0.1, 0.15) is 5.69 Å². The Hall–Kier alpha value is -2.72. The second-order valence-corrected chi connectivity index (χ2v) is 5.93. The molecule has 0 spiro atoms. The third kappa shape index (κ3) is 3.39. The first-order valence-electron chi connectivity index (χ1n) is 8.39. The molecule has 1 atom stereocenters. The Balaban J connectivity index is 2.07. The van der Waals surface area contributed by atoms with Crippen LogP contribution in [0.1, 0.15) is 18.5 Å². The number of anilines is 1. The highest BCUT2D eigenvalue weighted by molar-refractivity contribution is 5.85. The van der Waals surface area contributed by atoms with E-state index in [0.717, 1.165) is 38.2 Å². The first kappa shape index (κ1) is 17.1. The number of hydrogen-bond donors (Lipinski definition) is 0. The van der Waals surface area contributed by atoms with Gasteiger partial charge in [0, 0.05) is 26.2 Å². The van der Waals surface area contributed by atoms with Gasteiger partial charge in [-0.1, -0.05) is 19.1 Å². The number of aromatic nitrogens is 2. The number of methoxy groups -OCH3 is 1. The van der Waals surface area contributed by atoms with E-state index >= 15 is 0 Å². The predicted molar refractivity (Wildman–Crippen MR) is 94.2 cm³/mol. The second-order valence-electron chi connectivity index (χ2n) is 5.93. The van der Waals surface area contributed by atoms with E-state index < -0.39 is 11.9 Å². The summed E-state index contributed by atoms with van der Waals surface area (Å²) in [5.41, 5.74) is 1.79. The molecule has 25 heavy (non-hydrogen) atoms. The summed E-state index contributed by atoms with van der Waals surface area (Å²) in [6.45, 7) is 6.55. The Morgan fingerprint density at radius 1 is 1.24 bits per heavy atom. The number of benzene rings is 1. The molecule has 1 aromatic heterocycles. The molecule has 0 bridgehead atoms. The van der Waals surface area contributed by atoms with Crippen LogP contribution in [-0.4, -0.2) is 60.7 Å². The van der Waals surface area contributed by atoms with Crippen molar-refractivity contribution >= 4 is 22.8 Å². The number of fused-ring (bicyclic) bond motifs is 1. The second kappa shape index (κ2) is 7.45. The van der Waals surface area contributed by atoms with Gasteiger partial charge in [-0.15, -0.1) is 0 Å². The van der Waals surface area contributed by atoms with Gasteiger partial charge >= 0.3 is 5.97 Å². The number of ether oxygens (including phenoxy) is 1. The molecule has 0 N–H and O–H groups in total. The molecule has 0 unspecified atom stereocenters. The van der Waals surface area contributed by atoms with Crippen LogP contribution in [0.25, 0.3) is 11.0 Å². The van der Waals surface area contributed by atoms with Crippen LogP contribution in [-0.2, 0) is 9.53 Å². The van der Waals surface area contributed by atoms with E-state index in [-0.39, 0.29) is 0 Å². The molecule has 2 heterocycles. The van der Waals surface area contributed by atoms with Gasteiger partial charge in [-0.05, 0) is 18.7 Å². The highest BCUT2D eigenvalue weighted by atomic mass is 16.5. The number of likely N-dealkylation sites (N-methyl/N-ethyl adjacent to an activating group) is 1. The van der Waals surface area contributed by atoms with E-state index in [9.17, 15) is 10.1 Å². The Morgan fingerprint density at radius 2 is 1.88 bits per heavy atom. The molecular formula is C18H21N5O2. The van der Waals surface area contributed by atoms with Gasteiger partial charge in [0.15, 0.2) is 11.7 Å². The van der Waals surface area contributed by atoms with Crippen molar-refractivity contribution < 1.29 is 9.53 Å². The molecule has 1 fully saturated rings. The molecule has 130 valence electrons. The zero-order valence-electron chi connectivity index (χ0n) is 14.5. The number of piperazine rings is 1. The van der Waals surface area contributed by atoms with Gasteiger partial charge in [-0.3, -0.25) is 4.79 Å². The summed E-state index contributed by atoms with van der Waals surface area (Å²) in [6, 6.07) is 9.50. The molecule has 7 heteroatoms. The number of esters is 1. The molecule has 0 aliphatic carbocycles. The number of carbonyl (C=O) groups is 1. The van der Waals surface area contributed by atoms with E-state index in [2.05, 4.69) is 21.7 Å². The molecule has 7 nitrogen and oxygen atoms in total. The standard InChI is InChI=1S/C18H21N5O2/c1-3-22-8-10-23(11-9-22)17-16(13(12-19)18(24)25-2)20-14-6-4-5-7-15(14)21-17/h4-7,13H,3,8-11H2,1-2H3/t13-/m1/s1. The van der Waals surface area contributed by atoms with Crippen LogP contribution in [0.2, 0.25) is 0 Å². The number of hydrogen-bond acceptors (Lipinski definition) is 7. The Labute approximate surface area is 146 Å². The van der Waals surface area contributed by atoms with Gasteiger partial charge in [-0.25, -0.2) is 9.97 Å². The zero-order chi connectivity index (χ0) is 17.8. The minimum atomic E-state index is -1.08. The number of nitrogens with zero attached hydrogens (tertiary/aromatic N) is 5. The van der Waals surface area contributed by atoms with E-state index in [4.69, 9.17) is 9.72 Å². The molecule has 1 aliphatic heterocycles. The lowest BCUT2D eigenvalue weighted by atomic mass is 10.1. The minimum Gasteiger partial charge on any atom is -0.468 e. The summed E-state index contributed by atoms with van der Waals surface area (Å²) < 4.78 is 4.79. The van der Waals surface area contributed by atoms with Crippen molar-refractivity contribution in [3.8, 4) is 6.07 Å². The SMILES string of the molecule is CCN1CCN(c2nc3ccccc3nc2[C@@H](C#N)C(=O)OC)CC1. The first-order valence-corrected chi connectivity index (χ1v) is 8.39. The van der Waals surface area contributed by atoms with E-state index in [1.165, 1.54) is 7.11 Å². The maximum absolute atomic E-state index is 12.1. The number of rotatable bonds is 4. The molecular weight excluding hydrogens is 318 g/mol. The lowest BCUT2D eigenvalue weighted by Gasteiger charge is -2.35. The van der Waals surface area contributed by atoms with Gasteiger partial charge in [-0.2, -0.15) is 5.26 Å². The molecule has 1 saturated heterocycles. The molecule has 0 saturated carbocycles. The van der Waals surface area contributed by atoms with Gasteiger partial charge in [0.05, 0.1) is 24.2 Å². The van der Waals surface area contributed by atoms with Crippen LogP contribution in [0.15, 0.2) is 24.3 Å². The molecule has 0 radical (unpaired) electrons. The van der Waals surface area contributed by atoms with E-state index in [1.54, 1.807) is 0 Å². The highest BCUT2D eigenvalue weighted by Gasteiger charge is 2.30. The first-order chi connectivity index (χ1) is 12.2. The largest absolute Gasteiger partial charge is 0.468 e. The van der Waals surface area contributed by atoms with Crippen molar-refractivity contribution in [3.05, 3.63) is 30.0 Å². The van der Waals surface area contributed by atoms with Crippen molar-refractivity contribution in [2.24, 2.45) is 0 Å². The minimum absolute atomic E-state index is 0.373. The van der Waals surface area contributed by atoms with Crippen molar-refractivity contribution in [1.82, 2.24) is 14.9 Å². The molecule has 2 aromatic rings. The van der Waals surface area contributed by atoms with Crippen LogP contribution < -0.4 is 4.90 Å². The quantitative estimate of drug-likeness (QED) is 0.782. The Kier molecular flexibility index (Phi) is 5.10. The van der Waals surface area contributed by atoms with Crippen molar-refractivity contribution in [2.75, 3.05) is 44.7 Å². The summed E-state index contributed by atoms with van der Waals surface area (Å²) in [4.78, 5) is 25.8. The monoisotopic (exact) mass is 339 g/mol. The van der Waals surface area contributed by atoms with Gasteiger partial charge < -0.3 is 14.5 Å². The fourth-order valence-corrected chi connectivity index (χ4v) is 3.05. The van der Waals surface area contributed by atoms with Gasteiger partial charge in [0.25, 0.3) is 0 Å². The van der Waals surface area contributed by atoms with Crippen molar-refractivity contribution in [2.45, 2.75) is 12.8 Å². The molecule has 0 amide bonds. The van der Waals surface area contributed by atoms with Gasteiger partial charge in [0.2, 0.25) is 0 Å². The normalized spacial score (nSPS) is 16.4. The molecule has 1 aliphatic rings. The Bertz CT molecular complexity index is 809. The number of carbonyl (C=O) groups excluding carboxylic acids is 1. The Morgan fingerprint density at radius 3 is 2.44 bits per heavy atom. The predicted octanol–water partition coefficient (Wildman–Crippen LogP) is 1.55. The van der Waals surface area contributed by atoms with Crippen LogP contribution in [0.4, 0.5) is 5.82 Å². The summed E-state index contributed by atoms with van der Waals surface area (Å²) in [7, 11) is 1.28. The van der Waals surface area contributed by atoms with Crippen molar-refractivity contribution in [1.29, 1.82) is 5.26 Å². The van der Waals surface area contributed by atoms with Crippen LogP contribution in [0, 0.1) is 11.3 Å². The lowest BCUT2D eigenvalue weighted by molar-refractivity contribution is -0.141. The van der Waals surface area contributed by atoms with Crippen LogP contribution in [0.3, 0.4) is 0 Å². The summed E-state index contributed by atoms with van der Waals surface area (Å²) >= 11 is 0. The fraction of sp³-hybridized carbons (Fsp3) is 0.444. The average Bonchev–Trinajstić information content (AvgIpc) is 2.68. The highest BCUT2D eigenvalue weighted by Crippen LogP contribution is 2.28. The number of nitriles is 1. The molecule has 1 aromatic carbocycles. The lowest BCUT2D eigenvalue weighted by Crippen LogP contribution is -2.47. The molecule has 3 rings (SSSR count). The maximum Gasteiger partial charge on any atom is 0.329 e. The average molecular weight is 339 g/mol. The summed E-state index contributed by atoms with van der Waals surface area (Å²) in [5.74, 6) is -1.09. The van der Waals surface area contributed by atoms with Crippen molar-refractivity contribution in [3.63, 3.8) is 0 Å². The summed E-state index contributed by atoms with van der Waals surface area (Å²) in [6.07, 6.45) is 0. The topological polar surface area (TPSA) is 82.4 Å². The zero-order valence-corrected chi connectivity index (χ0v) is 14.5. The van der Waals surface area contributed by atoms with Crippen LogP contribution >= 0.6 is 0 Å². The fourth-order valence-electron chi connectivity index (χ4n) is 3.05.